The summed E-state index contributed by atoms with van der Waals surface area (Å²) in [6.07, 6.45) is 0. The standard InChI is InChI=1S/C8H13N3O.C2H6/c1-5-6(2)10-11(7(5)3)4-8(9)12;1-2/h4H2,1-3H3,(H2,9,12);1-2H3. The fraction of sp³-hybridized carbons (Fsp3) is 0.600. The Morgan fingerprint density at radius 3 is 2.14 bits per heavy atom. The number of carbonyl (C=O) groups is 1. The summed E-state index contributed by atoms with van der Waals surface area (Å²) in [6, 6.07) is 0. The van der Waals surface area contributed by atoms with Crippen molar-refractivity contribution in [3.63, 3.8) is 0 Å². The molecule has 4 nitrogen and oxygen atoms in total. The van der Waals surface area contributed by atoms with E-state index >= 15 is 0 Å². The Hall–Kier alpha value is -1.32. The van der Waals surface area contributed by atoms with Crippen LogP contribution in [-0.4, -0.2) is 15.7 Å². The molecule has 0 unspecified atom stereocenters. The van der Waals surface area contributed by atoms with Crippen molar-refractivity contribution in [2.75, 3.05) is 0 Å². The van der Waals surface area contributed by atoms with Gasteiger partial charge in [-0.15, -0.1) is 0 Å². The molecule has 2 N–H and O–H groups in total. The number of aryl methyl sites for hydroxylation is 1. The minimum atomic E-state index is -0.361. The molecule has 0 atom stereocenters. The zero-order valence-electron chi connectivity index (χ0n) is 9.59. The fourth-order valence-electron chi connectivity index (χ4n) is 1.09. The second kappa shape index (κ2) is 5.42. The lowest BCUT2D eigenvalue weighted by atomic mass is 10.2. The first-order chi connectivity index (χ1) is 6.52. The summed E-state index contributed by atoms with van der Waals surface area (Å²) in [5.74, 6) is -0.361. The number of rotatable bonds is 2. The average molecular weight is 197 g/mol. The van der Waals surface area contributed by atoms with Crippen LogP contribution >= 0.6 is 0 Å². The van der Waals surface area contributed by atoms with Crippen molar-refractivity contribution in [1.29, 1.82) is 0 Å². The van der Waals surface area contributed by atoms with Crippen LogP contribution in [-0.2, 0) is 11.3 Å². The number of primary amides is 1. The summed E-state index contributed by atoms with van der Waals surface area (Å²) in [6.45, 7) is 9.99. The fourth-order valence-corrected chi connectivity index (χ4v) is 1.09. The summed E-state index contributed by atoms with van der Waals surface area (Å²) in [5.41, 5.74) is 8.13. The van der Waals surface area contributed by atoms with Crippen LogP contribution in [0, 0.1) is 20.8 Å². The third kappa shape index (κ3) is 2.87. The molecule has 0 aromatic carbocycles. The van der Waals surface area contributed by atoms with Crippen molar-refractivity contribution in [1.82, 2.24) is 9.78 Å². The molecular weight excluding hydrogens is 178 g/mol. The van der Waals surface area contributed by atoms with E-state index in [1.54, 1.807) is 4.68 Å². The first kappa shape index (κ1) is 12.7. The maximum absolute atomic E-state index is 10.6. The van der Waals surface area contributed by atoms with Crippen molar-refractivity contribution in [2.45, 2.75) is 41.2 Å². The molecule has 80 valence electrons. The van der Waals surface area contributed by atoms with E-state index in [1.165, 1.54) is 0 Å². The van der Waals surface area contributed by atoms with Crippen LogP contribution in [0.3, 0.4) is 0 Å². The number of nitrogens with zero attached hydrogens (tertiary/aromatic N) is 2. The van der Waals surface area contributed by atoms with E-state index in [9.17, 15) is 4.79 Å². The van der Waals surface area contributed by atoms with Gasteiger partial charge in [-0.25, -0.2) is 0 Å². The smallest absolute Gasteiger partial charge is 0.239 e. The predicted molar refractivity (Wildman–Crippen MR) is 57.0 cm³/mol. The zero-order chi connectivity index (χ0) is 11.3. The number of nitrogens with two attached hydrogens (primary N) is 1. The molecule has 1 aromatic heterocycles. The maximum Gasteiger partial charge on any atom is 0.239 e. The van der Waals surface area contributed by atoms with E-state index in [4.69, 9.17) is 5.73 Å². The Bertz CT molecular complexity index is 315. The average Bonchev–Trinajstić information content (AvgIpc) is 2.36. The van der Waals surface area contributed by atoms with Crippen LogP contribution in [0.15, 0.2) is 0 Å². The topological polar surface area (TPSA) is 60.9 Å². The molecule has 0 saturated heterocycles. The highest BCUT2D eigenvalue weighted by Gasteiger charge is 2.07. The summed E-state index contributed by atoms with van der Waals surface area (Å²) in [5, 5.41) is 4.17. The molecule has 1 heterocycles. The lowest BCUT2D eigenvalue weighted by Crippen LogP contribution is -2.20. The van der Waals surface area contributed by atoms with Gasteiger partial charge in [0.1, 0.15) is 6.54 Å². The molecule has 0 fully saturated rings. The van der Waals surface area contributed by atoms with E-state index in [0.29, 0.717) is 0 Å². The summed E-state index contributed by atoms with van der Waals surface area (Å²) < 4.78 is 1.63. The molecule has 0 bridgehead atoms. The second-order valence-electron chi connectivity index (χ2n) is 2.92. The molecule has 1 amide bonds. The number of hydrogen-bond donors (Lipinski definition) is 1. The normalized spacial score (nSPS) is 9.21. The summed E-state index contributed by atoms with van der Waals surface area (Å²) in [7, 11) is 0. The molecule has 0 aliphatic heterocycles. The van der Waals surface area contributed by atoms with Gasteiger partial charge < -0.3 is 5.73 Å². The third-order valence-corrected chi connectivity index (χ3v) is 2.05. The molecule has 0 aliphatic rings. The summed E-state index contributed by atoms with van der Waals surface area (Å²) in [4.78, 5) is 10.6. The number of hydrogen-bond acceptors (Lipinski definition) is 2. The van der Waals surface area contributed by atoms with Crippen molar-refractivity contribution < 1.29 is 4.79 Å². The number of carbonyl (C=O) groups excluding carboxylic acids is 1. The van der Waals surface area contributed by atoms with Gasteiger partial charge in [0.05, 0.1) is 5.69 Å². The van der Waals surface area contributed by atoms with Gasteiger partial charge in [-0.2, -0.15) is 5.10 Å². The Labute approximate surface area is 85.1 Å². The Morgan fingerprint density at radius 2 is 1.86 bits per heavy atom. The highest BCUT2D eigenvalue weighted by Crippen LogP contribution is 2.09. The minimum absolute atomic E-state index is 0.167. The molecular formula is C10H19N3O. The first-order valence-corrected chi connectivity index (χ1v) is 4.81. The largest absolute Gasteiger partial charge is 0.368 e. The first-order valence-electron chi connectivity index (χ1n) is 4.81. The lowest BCUT2D eigenvalue weighted by molar-refractivity contribution is -0.118. The van der Waals surface area contributed by atoms with Crippen LogP contribution in [0.25, 0.3) is 0 Å². The van der Waals surface area contributed by atoms with Gasteiger partial charge in [-0.1, -0.05) is 13.8 Å². The van der Waals surface area contributed by atoms with Crippen LogP contribution in [0.4, 0.5) is 0 Å². The minimum Gasteiger partial charge on any atom is -0.368 e. The van der Waals surface area contributed by atoms with Gasteiger partial charge in [-0.05, 0) is 26.3 Å². The third-order valence-electron chi connectivity index (χ3n) is 2.05. The Kier molecular flexibility index (Phi) is 4.91. The van der Waals surface area contributed by atoms with Crippen LogP contribution in [0.5, 0.6) is 0 Å². The van der Waals surface area contributed by atoms with E-state index in [1.807, 2.05) is 34.6 Å². The number of aromatic nitrogens is 2. The van der Waals surface area contributed by atoms with Crippen molar-refractivity contribution in [3.8, 4) is 0 Å². The molecule has 4 heteroatoms. The predicted octanol–water partition coefficient (Wildman–Crippen LogP) is 1.32. The van der Waals surface area contributed by atoms with Crippen LogP contribution in [0.1, 0.15) is 30.8 Å². The van der Waals surface area contributed by atoms with Gasteiger partial charge in [0.15, 0.2) is 0 Å². The molecule has 0 radical (unpaired) electrons. The van der Waals surface area contributed by atoms with Gasteiger partial charge in [0.25, 0.3) is 0 Å². The van der Waals surface area contributed by atoms with Crippen molar-refractivity contribution in [2.24, 2.45) is 5.73 Å². The molecule has 0 saturated carbocycles. The van der Waals surface area contributed by atoms with E-state index in [2.05, 4.69) is 5.10 Å². The SMILES string of the molecule is CC.Cc1nn(CC(N)=O)c(C)c1C. The van der Waals surface area contributed by atoms with Crippen LogP contribution < -0.4 is 5.73 Å². The van der Waals surface area contributed by atoms with Gasteiger partial charge in [0, 0.05) is 5.69 Å². The monoisotopic (exact) mass is 197 g/mol. The van der Waals surface area contributed by atoms with Gasteiger partial charge >= 0.3 is 0 Å². The molecule has 0 aliphatic carbocycles. The number of amides is 1. The van der Waals surface area contributed by atoms with Crippen molar-refractivity contribution in [3.05, 3.63) is 17.0 Å². The zero-order valence-corrected chi connectivity index (χ0v) is 9.59. The van der Waals surface area contributed by atoms with Crippen LogP contribution in [0.2, 0.25) is 0 Å². The summed E-state index contributed by atoms with van der Waals surface area (Å²) >= 11 is 0. The quantitative estimate of drug-likeness (QED) is 0.777. The van der Waals surface area contributed by atoms with E-state index < -0.39 is 0 Å². The second-order valence-corrected chi connectivity index (χ2v) is 2.92. The van der Waals surface area contributed by atoms with Gasteiger partial charge in [-0.3, -0.25) is 9.48 Å². The lowest BCUT2D eigenvalue weighted by Gasteiger charge is -1.99. The Balaban J connectivity index is 0.000000791. The Morgan fingerprint density at radius 1 is 1.36 bits per heavy atom. The molecule has 14 heavy (non-hydrogen) atoms. The molecule has 1 aromatic rings. The highest BCUT2D eigenvalue weighted by atomic mass is 16.1. The van der Waals surface area contributed by atoms with Crippen molar-refractivity contribution >= 4 is 5.91 Å². The molecule has 0 spiro atoms. The molecule has 1 rings (SSSR count). The highest BCUT2D eigenvalue weighted by molar-refractivity contribution is 5.73. The van der Waals surface area contributed by atoms with E-state index in [0.717, 1.165) is 17.0 Å². The van der Waals surface area contributed by atoms with E-state index in [-0.39, 0.29) is 12.5 Å². The maximum atomic E-state index is 10.6. The van der Waals surface area contributed by atoms with Gasteiger partial charge in [0.2, 0.25) is 5.91 Å².